The summed E-state index contributed by atoms with van der Waals surface area (Å²) in [6.45, 7) is 11.1. The molecular weight excluding hydrogens is 250 g/mol. The van der Waals surface area contributed by atoms with Gasteiger partial charge >= 0.3 is 0 Å². The van der Waals surface area contributed by atoms with E-state index in [1.807, 2.05) is 0 Å². The summed E-state index contributed by atoms with van der Waals surface area (Å²) >= 11 is 0. The monoisotopic (exact) mass is 281 g/mol. The maximum atomic E-state index is 12.0. The van der Waals surface area contributed by atoms with Crippen molar-refractivity contribution in [2.45, 2.75) is 52.0 Å². The zero-order valence-corrected chi connectivity index (χ0v) is 13.3. The lowest BCUT2D eigenvalue weighted by Crippen LogP contribution is -2.58. The van der Waals surface area contributed by atoms with Crippen molar-refractivity contribution >= 4 is 5.91 Å². The second kappa shape index (κ2) is 6.44. The molecule has 3 N–H and O–H groups in total. The van der Waals surface area contributed by atoms with E-state index < -0.39 is 5.54 Å². The van der Waals surface area contributed by atoms with Gasteiger partial charge in [0.1, 0.15) is 5.54 Å². The standard InChI is InChI=1S/C16H31N3O/c1-4-18-16(15(17)20)8-5-6-14(16)7-9-19-10-12(2)13(3)11-19/h12-14,18H,4-11H2,1-3H3,(H2,17,20). The smallest absolute Gasteiger partial charge is 0.238 e. The molecule has 1 saturated heterocycles. The molecule has 4 nitrogen and oxygen atoms in total. The van der Waals surface area contributed by atoms with Crippen molar-refractivity contribution in [3.63, 3.8) is 0 Å². The summed E-state index contributed by atoms with van der Waals surface area (Å²) in [5.74, 6) is 1.86. The quantitative estimate of drug-likeness (QED) is 0.777. The van der Waals surface area contributed by atoms with Crippen molar-refractivity contribution in [1.29, 1.82) is 0 Å². The van der Waals surface area contributed by atoms with Gasteiger partial charge in [-0.1, -0.05) is 27.2 Å². The molecule has 20 heavy (non-hydrogen) atoms. The Morgan fingerprint density at radius 1 is 1.35 bits per heavy atom. The van der Waals surface area contributed by atoms with Gasteiger partial charge in [-0.25, -0.2) is 0 Å². The molecule has 2 fully saturated rings. The van der Waals surface area contributed by atoms with Crippen molar-refractivity contribution in [3.8, 4) is 0 Å². The fourth-order valence-corrected chi connectivity index (χ4v) is 4.20. The number of nitrogens with zero attached hydrogens (tertiary/aromatic N) is 1. The number of carbonyl (C=O) groups is 1. The third-order valence-corrected chi connectivity index (χ3v) is 5.61. The molecule has 0 aromatic carbocycles. The Balaban J connectivity index is 1.92. The number of hydrogen-bond acceptors (Lipinski definition) is 3. The molecule has 4 unspecified atom stereocenters. The molecule has 0 spiro atoms. The van der Waals surface area contributed by atoms with Crippen LogP contribution in [0.2, 0.25) is 0 Å². The lowest BCUT2D eigenvalue weighted by atomic mass is 9.83. The van der Waals surface area contributed by atoms with E-state index in [1.165, 1.54) is 13.1 Å². The van der Waals surface area contributed by atoms with Gasteiger partial charge < -0.3 is 16.0 Å². The molecule has 0 bridgehead atoms. The van der Waals surface area contributed by atoms with E-state index in [9.17, 15) is 4.79 Å². The Hall–Kier alpha value is -0.610. The molecule has 1 saturated carbocycles. The fraction of sp³-hybridized carbons (Fsp3) is 0.938. The van der Waals surface area contributed by atoms with E-state index >= 15 is 0 Å². The summed E-state index contributed by atoms with van der Waals surface area (Å²) in [5, 5.41) is 3.41. The average molecular weight is 281 g/mol. The van der Waals surface area contributed by atoms with Crippen LogP contribution in [-0.2, 0) is 4.79 Å². The van der Waals surface area contributed by atoms with Crippen molar-refractivity contribution in [2.75, 3.05) is 26.2 Å². The Morgan fingerprint density at radius 2 is 2.00 bits per heavy atom. The summed E-state index contributed by atoms with van der Waals surface area (Å²) in [4.78, 5) is 14.5. The highest BCUT2D eigenvalue weighted by Gasteiger charge is 2.46. The number of nitrogens with one attached hydrogen (secondary N) is 1. The first-order chi connectivity index (χ1) is 9.49. The first kappa shape index (κ1) is 15.8. The van der Waals surface area contributed by atoms with Gasteiger partial charge in [0.25, 0.3) is 0 Å². The molecule has 1 aliphatic heterocycles. The number of nitrogens with two attached hydrogens (primary N) is 1. The van der Waals surface area contributed by atoms with Crippen LogP contribution in [-0.4, -0.2) is 42.5 Å². The zero-order chi connectivity index (χ0) is 14.8. The minimum absolute atomic E-state index is 0.148. The van der Waals surface area contributed by atoms with Gasteiger partial charge in [-0.05, 0) is 50.1 Å². The van der Waals surface area contributed by atoms with Crippen LogP contribution in [0, 0.1) is 17.8 Å². The van der Waals surface area contributed by atoms with Crippen LogP contribution in [0.25, 0.3) is 0 Å². The highest BCUT2D eigenvalue weighted by atomic mass is 16.1. The largest absolute Gasteiger partial charge is 0.368 e. The Kier molecular flexibility index (Phi) is 5.08. The minimum atomic E-state index is -0.439. The molecule has 1 heterocycles. The van der Waals surface area contributed by atoms with Crippen LogP contribution in [0.3, 0.4) is 0 Å². The second-order valence-electron chi connectivity index (χ2n) is 6.96. The van der Waals surface area contributed by atoms with Crippen molar-refractivity contribution in [2.24, 2.45) is 23.5 Å². The molecule has 2 aliphatic rings. The maximum Gasteiger partial charge on any atom is 0.238 e. The van der Waals surface area contributed by atoms with Crippen LogP contribution in [0.15, 0.2) is 0 Å². The number of rotatable bonds is 6. The molecule has 0 aromatic heterocycles. The van der Waals surface area contributed by atoms with E-state index in [4.69, 9.17) is 5.73 Å². The molecule has 0 radical (unpaired) electrons. The van der Waals surface area contributed by atoms with E-state index in [0.29, 0.717) is 5.92 Å². The Bertz CT molecular complexity index is 337. The van der Waals surface area contributed by atoms with Gasteiger partial charge in [-0.2, -0.15) is 0 Å². The van der Waals surface area contributed by atoms with Crippen LogP contribution < -0.4 is 11.1 Å². The summed E-state index contributed by atoms with van der Waals surface area (Å²) in [6, 6.07) is 0. The second-order valence-corrected chi connectivity index (χ2v) is 6.96. The molecule has 4 atom stereocenters. The Morgan fingerprint density at radius 3 is 2.55 bits per heavy atom. The topological polar surface area (TPSA) is 58.4 Å². The highest BCUT2D eigenvalue weighted by molar-refractivity contribution is 5.85. The first-order valence-corrected chi connectivity index (χ1v) is 8.27. The van der Waals surface area contributed by atoms with Gasteiger partial charge in [0.15, 0.2) is 0 Å². The Labute approximate surface area is 123 Å². The summed E-state index contributed by atoms with van der Waals surface area (Å²) < 4.78 is 0. The molecule has 1 aliphatic carbocycles. The van der Waals surface area contributed by atoms with E-state index in [2.05, 4.69) is 31.0 Å². The van der Waals surface area contributed by atoms with Gasteiger partial charge in [0.2, 0.25) is 5.91 Å². The number of likely N-dealkylation sites (tertiary alicyclic amines) is 1. The molecule has 116 valence electrons. The van der Waals surface area contributed by atoms with Crippen LogP contribution in [0.1, 0.15) is 46.5 Å². The highest BCUT2D eigenvalue weighted by Crippen LogP contribution is 2.38. The number of carbonyl (C=O) groups excluding carboxylic acids is 1. The fourth-order valence-electron chi connectivity index (χ4n) is 4.20. The molecule has 2 rings (SSSR count). The van der Waals surface area contributed by atoms with Crippen LogP contribution >= 0.6 is 0 Å². The maximum absolute atomic E-state index is 12.0. The van der Waals surface area contributed by atoms with E-state index in [0.717, 1.165) is 50.6 Å². The van der Waals surface area contributed by atoms with Crippen LogP contribution in [0.5, 0.6) is 0 Å². The minimum Gasteiger partial charge on any atom is -0.368 e. The van der Waals surface area contributed by atoms with Crippen molar-refractivity contribution in [3.05, 3.63) is 0 Å². The lowest BCUT2D eigenvalue weighted by molar-refractivity contribution is -0.126. The number of primary amides is 1. The van der Waals surface area contributed by atoms with Gasteiger partial charge in [-0.3, -0.25) is 4.79 Å². The number of amides is 1. The van der Waals surface area contributed by atoms with Crippen molar-refractivity contribution < 1.29 is 4.79 Å². The molecular formula is C16H31N3O. The third-order valence-electron chi connectivity index (χ3n) is 5.61. The van der Waals surface area contributed by atoms with Gasteiger partial charge in [0.05, 0.1) is 0 Å². The third kappa shape index (κ3) is 3.01. The SMILES string of the molecule is CCNC1(C(N)=O)CCCC1CCN1CC(C)C(C)C1. The number of likely N-dealkylation sites (N-methyl/N-ethyl adjacent to an activating group) is 1. The summed E-state index contributed by atoms with van der Waals surface area (Å²) in [6.07, 6.45) is 4.26. The van der Waals surface area contributed by atoms with Crippen molar-refractivity contribution in [1.82, 2.24) is 10.2 Å². The molecule has 1 amide bonds. The zero-order valence-electron chi connectivity index (χ0n) is 13.3. The predicted octanol–water partition coefficient (Wildman–Crippen LogP) is 1.60. The number of hydrogen-bond donors (Lipinski definition) is 2. The van der Waals surface area contributed by atoms with E-state index in [1.54, 1.807) is 0 Å². The average Bonchev–Trinajstić information content (AvgIpc) is 2.93. The summed E-state index contributed by atoms with van der Waals surface area (Å²) in [7, 11) is 0. The van der Waals surface area contributed by atoms with E-state index in [-0.39, 0.29) is 5.91 Å². The summed E-state index contributed by atoms with van der Waals surface area (Å²) in [5.41, 5.74) is 5.28. The first-order valence-electron chi connectivity index (χ1n) is 8.27. The molecule has 0 aromatic rings. The predicted molar refractivity (Wildman–Crippen MR) is 82.3 cm³/mol. The lowest BCUT2D eigenvalue weighted by Gasteiger charge is -2.34. The molecule has 4 heteroatoms. The van der Waals surface area contributed by atoms with Crippen LogP contribution in [0.4, 0.5) is 0 Å². The van der Waals surface area contributed by atoms with Gasteiger partial charge in [0, 0.05) is 13.1 Å². The van der Waals surface area contributed by atoms with Gasteiger partial charge in [-0.15, -0.1) is 0 Å². The normalized spacial score (nSPS) is 38.5.